The second kappa shape index (κ2) is 8.65. The summed E-state index contributed by atoms with van der Waals surface area (Å²) in [5, 5.41) is 0. The first-order chi connectivity index (χ1) is 2.00. The molecule has 0 rings (SSSR count). The van der Waals surface area contributed by atoms with E-state index in [2.05, 4.69) is 0 Å². The van der Waals surface area contributed by atoms with Gasteiger partial charge in [-0.2, -0.15) is 8.42 Å². The second-order valence-corrected chi connectivity index (χ2v) is 1.34. The first kappa shape index (κ1) is 22.6. The van der Waals surface area contributed by atoms with Gasteiger partial charge in [-0.05, 0) is 0 Å². The van der Waals surface area contributed by atoms with Crippen LogP contribution in [0.15, 0.2) is 0 Å². The van der Waals surface area contributed by atoms with E-state index in [0.29, 0.717) is 0 Å². The van der Waals surface area contributed by atoms with Crippen LogP contribution < -0.4 is 0 Å². The van der Waals surface area contributed by atoms with Crippen LogP contribution in [-0.4, -0.2) is 40.6 Å². The van der Waals surface area contributed by atoms with E-state index in [1.54, 1.807) is 0 Å². The summed E-state index contributed by atoms with van der Waals surface area (Å²) >= 11 is 0. The third-order valence-corrected chi connectivity index (χ3v) is 0. The summed E-state index contributed by atoms with van der Waals surface area (Å²) in [6.07, 6.45) is 0. The van der Waals surface area contributed by atoms with Gasteiger partial charge < -0.3 is 0 Å². The van der Waals surface area contributed by atoms with E-state index in [1.807, 2.05) is 0 Å². The molecule has 8 heavy (non-hydrogen) atoms. The van der Waals surface area contributed by atoms with Crippen LogP contribution in [0.3, 0.4) is 0 Å². The fourth-order valence-electron chi connectivity index (χ4n) is 0. The van der Waals surface area contributed by atoms with Crippen LogP contribution in [0.4, 0.5) is 0 Å². The van der Waals surface area contributed by atoms with Crippen LogP contribution in [0.5, 0.6) is 0 Å². The maximum Gasteiger partial charge on any atom is 0.394 e. The van der Waals surface area contributed by atoms with Gasteiger partial charge in [0.2, 0.25) is 0 Å². The summed E-state index contributed by atoms with van der Waals surface area (Å²) in [7, 11) is -4.67. The maximum absolute atomic E-state index is 8.74. The van der Waals surface area contributed by atoms with Crippen LogP contribution >= 0.6 is 0 Å². The predicted octanol–water partition coefficient (Wildman–Crippen LogP) is -1.57. The van der Waals surface area contributed by atoms with E-state index in [9.17, 15) is 0 Å². The Morgan fingerprint density at radius 3 is 1.12 bits per heavy atom. The molecule has 0 spiro atoms. The summed E-state index contributed by atoms with van der Waals surface area (Å²) in [6.45, 7) is 0. The Morgan fingerprint density at radius 2 is 1.12 bits per heavy atom. The van der Waals surface area contributed by atoms with E-state index in [0.717, 1.165) is 0 Å². The van der Waals surface area contributed by atoms with Crippen molar-refractivity contribution in [3.63, 3.8) is 0 Å². The molecule has 0 aliphatic heterocycles. The molecule has 0 bridgehead atoms. The SMILES string of the molecule is O=S(=O)(O)O.[Fe].[MgH2].[Ni]. The molecule has 0 unspecified atom stereocenters. The molecule has 0 atom stereocenters. The molecule has 0 amide bonds. The summed E-state index contributed by atoms with van der Waals surface area (Å²) in [5.74, 6) is 0. The molecule has 54 valence electrons. The molecule has 0 saturated carbocycles. The van der Waals surface area contributed by atoms with Gasteiger partial charge in [0.15, 0.2) is 0 Å². The minimum atomic E-state index is -4.67. The van der Waals surface area contributed by atoms with E-state index in [-0.39, 0.29) is 56.6 Å². The van der Waals surface area contributed by atoms with Crippen molar-refractivity contribution < 1.29 is 51.1 Å². The average Bonchev–Trinajstić information content (AvgIpc) is 0.722. The van der Waals surface area contributed by atoms with Crippen molar-refractivity contribution in [2.75, 3.05) is 0 Å². The molecule has 0 heterocycles. The van der Waals surface area contributed by atoms with Gasteiger partial charge in [0.05, 0.1) is 0 Å². The Labute approximate surface area is 83.9 Å². The van der Waals surface area contributed by atoms with Gasteiger partial charge in [-0.25, -0.2) is 0 Å². The van der Waals surface area contributed by atoms with Crippen molar-refractivity contribution in [3.05, 3.63) is 0 Å². The standard InChI is InChI=1S/Fe.Mg.Ni.H2O4S.2H/c;;;1-5(2,3)4;;/h;;;(H2,1,2,3,4);;. The summed E-state index contributed by atoms with van der Waals surface area (Å²) in [6, 6.07) is 0. The van der Waals surface area contributed by atoms with Gasteiger partial charge >= 0.3 is 33.5 Å². The third-order valence-electron chi connectivity index (χ3n) is 0. The van der Waals surface area contributed by atoms with Gasteiger partial charge in [-0.1, -0.05) is 0 Å². The van der Waals surface area contributed by atoms with Gasteiger partial charge in [-0.15, -0.1) is 0 Å². The van der Waals surface area contributed by atoms with Crippen molar-refractivity contribution in [1.82, 2.24) is 0 Å². The fraction of sp³-hybridized carbons (Fsp3) is 0. The molecule has 0 aromatic rings. The van der Waals surface area contributed by atoms with Crippen molar-refractivity contribution in [3.8, 4) is 0 Å². The molecule has 4 nitrogen and oxygen atoms in total. The first-order valence-electron chi connectivity index (χ1n) is 0.698. The topological polar surface area (TPSA) is 74.6 Å². The van der Waals surface area contributed by atoms with Crippen LogP contribution in [0.2, 0.25) is 0 Å². The number of hydrogen-bond acceptors (Lipinski definition) is 2. The molecule has 0 fully saturated rings. The minimum absolute atomic E-state index is 0. The second-order valence-electron chi connectivity index (χ2n) is 0.448. The predicted molar refractivity (Wildman–Crippen MR) is 22.7 cm³/mol. The summed E-state index contributed by atoms with van der Waals surface area (Å²) in [5.41, 5.74) is 0. The Kier molecular flexibility index (Phi) is 24.5. The average molecular weight is 239 g/mol. The maximum atomic E-state index is 8.74. The Balaban J connectivity index is -0.0000000267. The van der Waals surface area contributed by atoms with Crippen LogP contribution in [0, 0.1) is 0 Å². The van der Waals surface area contributed by atoms with Crippen molar-refractivity contribution in [2.24, 2.45) is 0 Å². The summed E-state index contributed by atoms with van der Waals surface area (Å²) < 4.78 is 31.6. The third kappa shape index (κ3) is 124. The van der Waals surface area contributed by atoms with Crippen molar-refractivity contribution in [1.29, 1.82) is 0 Å². The molecule has 0 radical (unpaired) electrons. The number of rotatable bonds is 0. The van der Waals surface area contributed by atoms with E-state index in [4.69, 9.17) is 17.5 Å². The molecular formula is H4FeMgNiO4S. The zero-order chi connectivity index (χ0) is 4.50. The Bertz CT molecular complexity index is 99.2. The zero-order valence-electron chi connectivity index (χ0n) is 2.79. The Morgan fingerprint density at radius 1 is 1.12 bits per heavy atom. The smallest absolute Gasteiger partial charge is 0.264 e. The normalized spacial score (nSPS) is 7.25. The quantitative estimate of drug-likeness (QED) is 0.395. The Hall–Kier alpha value is 1.65. The minimum Gasteiger partial charge on any atom is -0.264 e. The monoisotopic (exact) mass is 238 g/mol. The largest absolute Gasteiger partial charge is 0.394 e. The summed E-state index contributed by atoms with van der Waals surface area (Å²) in [4.78, 5) is 0. The van der Waals surface area contributed by atoms with Crippen molar-refractivity contribution in [2.45, 2.75) is 0 Å². The first-order valence-corrected chi connectivity index (χ1v) is 2.10. The molecule has 0 aliphatic rings. The molecule has 2 N–H and O–H groups in total. The fourth-order valence-corrected chi connectivity index (χ4v) is 0. The molecular weight excluding hydrogens is 235 g/mol. The van der Waals surface area contributed by atoms with Gasteiger partial charge in [-0.3, -0.25) is 9.11 Å². The number of hydrogen-bond donors (Lipinski definition) is 2. The van der Waals surface area contributed by atoms with Gasteiger partial charge in [0, 0.05) is 33.6 Å². The molecule has 8 heteroatoms. The van der Waals surface area contributed by atoms with E-state index >= 15 is 0 Å². The van der Waals surface area contributed by atoms with Crippen molar-refractivity contribution >= 4 is 33.5 Å². The molecule has 0 saturated heterocycles. The van der Waals surface area contributed by atoms with E-state index in [1.165, 1.54) is 0 Å². The van der Waals surface area contributed by atoms with Gasteiger partial charge in [0.1, 0.15) is 0 Å². The van der Waals surface area contributed by atoms with E-state index < -0.39 is 10.4 Å². The molecule has 0 aromatic heterocycles. The molecule has 0 aromatic carbocycles. The molecule has 0 aliphatic carbocycles. The van der Waals surface area contributed by atoms with Crippen LogP contribution in [0.25, 0.3) is 0 Å². The van der Waals surface area contributed by atoms with Crippen LogP contribution in [-0.2, 0) is 44.0 Å². The van der Waals surface area contributed by atoms with Crippen LogP contribution in [0.1, 0.15) is 0 Å². The zero-order valence-corrected chi connectivity index (χ0v) is 5.70. The van der Waals surface area contributed by atoms with Gasteiger partial charge in [0.25, 0.3) is 0 Å².